The summed E-state index contributed by atoms with van der Waals surface area (Å²) in [5.74, 6) is 0.404. The van der Waals surface area contributed by atoms with Gasteiger partial charge in [0.05, 0.1) is 12.5 Å². The molecule has 1 rings (SSSR count). The van der Waals surface area contributed by atoms with E-state index in [0.717, 1.165) is 4.90 Å². The van der Waals surface area contributed by atoms with Crippen molar-refractivity contribution < 1.29 is 14.6 Å². The molecule has 0 unspecified atom stereocenters. The van der Waals surface area contributed by atoms with Gasteiger partial charge < -0.3 is 14.8 Å². The zero-order chi connectivity index (χ0) is 9.68. The SMILES string of the molecule is CCOCN(C(=O)O)c1cnc[nH]1. The maximum atomic E-state index is 10.7. The van der Waals surface area contributed by atoms with Crippen LogP contribution in [0.1, 0.15) is 6.92 Å². The number of ether oxygens (including phenoxy) is 1. The predicted octanol–water partition coefficient (Wildman–Crippen LogP) is 0.888. The molecule has 0 bridgehead atoms. The van der Waals surface area contributed by atoms with Crippen molar-refractivity contribution in [3.8, 4) is 0 Å². The summed E-state index contributed by atoms with van der Waals surface area (Å²) in [7, 11) is 0. The van der Waals surface area contributed by atoms with E-state index in [4.69, 9.17) is 9.84 Å². The van der Waals surface area contributed by atoms with Crippen molar-refractivity contribution in [3.05, 3.63) is 12.5 Å². The van der Waals surface area contributed by atoms with Crippen molar-refractivity contribution in [2.24, 2.45) is 0 Å². The summed E-state index contributed by atoms with van der Waals surface area (Å²) < 4.78 is 4.98. The summed E-state index contributed by atoms with van der Waals surface area (Å²) in [5.41, 5.74) is 0. The molecular weight excluding hydrogens is 174 g/mol. The molecule has 6 heteroatoms. The smallest absolute Gasteiger partial charge is 0.414 e. The van der Waals surface area contributed by atoms with Crippen molar-refractivity contribution >= 4 is 11.9 Å². The fourth-order valence-electron chi connectivity index (χ4n) is 0.807. The number of hydrogen-bond acceptors (Lipinski definition) is 3. The third kappa shape index (κ3) is 2.45. The standard InChI is InChI=1S/C7H11N3O3/c1-2-13-5-10(7(11)12)6-3-8-4-9-6/h3-4H,2,5H2,1H3,(H,8,9)(H,11,12). The first kappa shape index (κ1) is 9.53. The molecule has 6 nitrogen and oxygen atoms in total. The van der Waals surface area contributed by atoms with Gasteiger partial charge in [-0.15, -0.1) is 0 Å². The summed E-state index contributed by atoms with van der Waals surface area (Å²) >= 11 is 0. The molecule has 0 aromatic carbocycles. The van der Waals surface area contributed by atoms with Crippen LogP contribution in [-0.2, 0) is 4.74 Å². The van der Waals surface area contributed by atoms with E-state index in [1.165, 1.54) is 12.5 Å². The Labute approximate surface area is 75.1 Å². The maximum absolute atomic E-state index is 10.7. The van der Waals surface area contributed by atoms with E-state index in [0.29, 0.717) is 12.4 Å². The Bertz CT molecular complexity index is 260. The van der Waals surface area contributed by atoms with Gasteiger partial charge in [0, 0.05) is 6.61 Å². The molecule has 1 amide bonds. The summed E-state index contributed by atoms with van der Waals surface area (Å²) in [4.78, 5) is 18.1. The number of carbonyl (C=O) groups is 1. The largest absolute Gasteiger partial charge is 0.465 e. The van der Waals surface area contributed by atoms with Crippen LogP contribution in [0.5, 0.6) is 0 Å². The van der Waals surface area contributed by atoms with Crippen LogP contribution in [0.3, 0.4) is 0 Å². The molecule has 0 aliphatic rings. The number of aromatic nitrogens is 2. The van der Waals surface area contributed by atoms with Gasteiger partial charge in [0.15, 0.2) is 0 Å². The molecule has 1 heterocycles. The Morgan fingerprint density at radius 2 is 2.62 bits per heavy atom. The van der Waals surface area contributed by atoms with Gasteiger partial charge in [-0.1, -0.05) is 0 Å². The number of carboxylic acid groups (broad SMARTS) is 1. The molecule has 72 valence electrons. The van der Waals surface area contributed by atoms with E-state index in [9.17, 15) is 4.79 Å². The van der Waals surface area contributed by atoms with Crippen molar-refractivity contribution in [2.75, 3.05) is 18.2 Å². The van der Waals surface area contributed by atoms with Crippen LogP contribution < -0.4 is 4.90 Å². The summed E-state index contributed by atoms with van der Waals surface area (Å²) in [5, 5.41) is 8.77. The van der Waals surface area contributed by atoms with Crippen LogP contribution in [0.4, 0.5) is 10.6 Å². The van der Waals surface area contributed by atoms with Gasteiger partial charge >= 0.3 is 6.09 Å². The number of anilines is 1. The van der Waals surface area contributed by atoms with E-state index in [1.807, 2.05) is 0 Å². The Balaban J connectivity index is 2.63. The highest BCUT2D eigenvalue weighted by Gasteiger charge is 2.14. The molecule has 2 N–H and O–H groups in total. The van der Waals surface area contributed by atoms with Gasteiger partial charge in [0.2, 0.25) is 0 Å². The second-order valence-corrected chi connectivity index (χ2v) is 2.27. The average Bonchev–Trinajstić information content (AvgIpc) is 2.57. The Morgan fingerprint density at radius 1 is 1.85 bits per heavy atom. The molecule has 1 aromatic rings. The zero-order valence-electron chi connectivity index (χ0n) is 7.23. The minimum Gasteiger partial charge on any atom is -0.465 e. The number of aromatic amines is 1. The minimum atomic E-state index is -1.07. The summed E-state index contributed by atoms with van der Waals surface area (Å²) in [6.07, 6.45) is 1.77. The van der Waals surface area contributed by atoms with Crippen LogP contribution in [0.15, 0.2) is 12.5 Å². The Hall–Kier alpha value is -1.56. The molecule has 1 aromatic heterocycles. The van der Waals surface area contributed by atoms with E-state index in [2.05, 4.69) is 9.97 Å². The Morgan fingerprint density at radius 3 is 3.08 bits per heavy atom. The van der Waals surface area contributed by atoms with Gasteiger partial charge in [-0.25, -0.2) is 14.7 Å². The van der Waals surface area contributed by atoms with Crippen LogP contribution in [0.25, 0.3) is 0 Å². The van der Waals surface area contributed by atoms with Gasteiger partial charge in [0.1, 0.15) is 12.5 Å². The first-order chi connectivity index (χ1) is 6.25. The lowest BCUT2D eigenvalue weighted by Crippen LogP contribution is -2.31. The van der Waals surface area contributed by atoms with Crippen LogP contribution in [0.2, 0.25) is 0 Å². The van der Waals surface area contributed by atoms with E-state index in [-0.39, 0.29) is 6.73 Å². The fourth-order valence-corrected chi connectivity index (χ4v) is 0.807. The second kappa shape index (κ2) is 4.46. The van der Waals surface area contributed by atoms with Crippen LogP contribution in [-0.4, -0.2) is 34.5 Å². The molecular formula is C7H11N3O3. The number of amides is 1. The molecule has 0 fully saturated rings. The van der Waals surface area contributed by atoms with Gasteiger partial charge in [-0.05, 0) is 6.92 Å². The van der Waals surface area contributed by atoms with Crippen molar-refractivity contribution in [1.29, 1.82) is 0 Å². The molecule has 13 heavy (non-hydrogen) atoms. The van der Waals surface area contributed by atoms with Crippen molar-refractivity contribution in [1.82, 2.24) is 9.97 Å². The Kier molecular flexibility index (Phi) is 3.27. The lowest BCUT2D eigenvalue weighted by molar-refractivity contribution is 0.137. The first-order valence-corrected chi connectivity index (χ1v) is 3.82. The van der Waals surface area contributed by atoms with E-state index in [1.54, 1.807) is 6.92 Å². The van der Waals surface area contributed by atoms with E-state index >= 15 is 0 Å². The van der Waals surface area contributed by atoms with Gasteiger partial charge in [-0.3, -0.25) is 0 Å². The molecule has 0 atom stereocenters. The van der Waals surface area contributed by atoms with Gasteiger partial charge in [0.25, 0.3) is 0 Å². The number of rotatable bonds is 4. The average molecular weight is 185 g/mol. The zero-order valence-corrected chi connectivity index (χ0v) is 7.23. The van der Waals surface area contributed by atoms with Gasteiger partial charge in [-0.2, -0.15) is 0 Å². The van der Waals surface area contributed by atoms with E-state index < -0.39 is 6.09 Å². The first-order valence-electron chi connectivity index (χ1n) is 3.82. The quantitative estimate of drug-likeness (QED) is 0.683. The number of imidazole rings is 1. The highest BCUT2D eigenvalue weighted by Crippen LogP contribution is 2.07. The highest BCUT2D eigenvalue weighted by molar-refractivity contribution is 5.84. The van der Waals surface area contributed by atoms with Crippen molar-refractivity contribution in [3.63, 3.8) is 0 Å². The molecule has 0 aliphatic carbocycles. The highest BCUT2D eigenvalue weighted by atomic mass is 16.5. The van der Waals surface area contributed by atoms with Crippen LogP contribution >= 0.6 is 0 Å². The maximum Gasteiger partial charge on any atom is 0.414 e. The number of nitrogens with one attached hydrogen (secondary N) is 1. The van der Waals surface area contributed by atoms with Crippen molar-refractivity contribution in [2.45, 2.75) is 6.92 Å². The molecule has 0 aliphatic heterocycles. The molecule has 0 saturated heterocycles. The number of nitrogens with zero attached hydrogens (tertiary/aromatic N) is 2. The summed E-state index contributed by atoms with van der Waals surface area (Å²) in [6, 6.07) is 0. The normalized spacial score (nSPS) is 9.92. The lowest BCUT2D eigenvalue weighted by Gasteiger charge is -2.15. The second-order valence-electron chi connectivity index (χ2n) is 2.27. The number of hydrogen-bond donors (Lipinski definition) is 2. The minimum absolute atomic E-state index is 0.00796. The fraction of sp³-hybridized carbons (Fsp3) is 0.429. The molecule has 0 spiro atoms. The van der Waals surface area contributed by atoms with Crippen LogP contribution in [0, 0.1) is 0 Å². The molecule has 0 saturated carbocycles. The number of H-pyrrole nitrogens is 1. The topological polar surface area (TPSA) is 78.4 Å². The predicted molar refractivity (Wildman–Crippen MR) is 45.6 cm³/mol. The summed E-state index contributed by atoms with van der Waals surface area (Å²) in [6.45, 7) is 2.28. The lowest BCUT2D eigenvalue weighted by atomic mass is 10.6. The third-order valence-corrected chi connectivity index (χ3v) is 1.43. The molecule has 0 radical (unpaired) electrons. The monoisotopic (exact) mass is 185 g/mol. The third-order valence-electron chi connectivity index (χ3n) is 1.43.